The minimum absolute atomic E-state index is 0.178. The maximum absolute atomic E-state index is 4.78. The maximum Gasteiger partial charge on any atom is 0.131 e. The van der Waals surface area contributed by atoms with Crippen LogP contribution in [0.25, 0.3) is 11.0 Å². The molecule has 0 radical (unpaired) electrons. The van der Waals surface area contributed by atoms with Crippen LogP contribution in [-0.2, 0) is 19.9 Å². The Morgan fingerprint density at radius 3 is 2.77 bits per heavy atom. The molecule has 0 aliphatic heterocycles. The van der Waals surface area contributed by atoms with Gasteiger partial charge in [0.15, 0.2) is 0 Å². The molecule has 4 rings (SSSR count). The van der Waals surface area contributed by atoms with Crippen molar-refractivity contribution in [1.82, 2.24) is 9.55 Å². The maximum atomic E-state index is 4.78. The third-order valence-electron chi connectivity index (χ3n) is 4.69. The van der Waals surface area contributed by atoms with Crippen LogP contribution in [0.5, 0.6) is 0 Å². The van der Waals surface area contributed by atoms with E-state index >= 15 is 0 Å². The number of para-hydroxylation sites is 2. The van der Waals surface area contributed by atoms with E-state index in [-0.39, 0.29) is 6.04 Å². The van der Waals surface area contributed by atoms with E-state index in [1.54, 1.807) is 0 Å². The van der Waals surface area contributed by atoms with Gasteiger partial charge in [-0.15, -0.1) is 0 Å². The molecule has 0 bridgehead atoms. The van der Waals surface area contributed by atoms with Crippen molar-refractivity contribution in [3.05, 3.63) is 59.4 Å². The lowest BCUT2D eigenvalue weighted by atomic mass is 10.1. The second kappa shape index (κ2) is 5.16. The van der Waals surface area contributed by atoms with Crippen LogP contribution in [0.4, 0.5) is 5.69 Å². The van der Waals surface area contributed by atoms with Crippen molar-refractivity contribution in [2.75, 3.05) is 5.32 Å². The van der Waals surface area contributed by atoms with Crippen molar-refractivity contribution in [2.45, 2.75) is 32.2 Å². The van der Waals surface area contributed by atoms with Gasteiger partial charge in [0, 0.05) is 12.7 Å². The van der Waals surface area contributed by atoms with Crippen LogP contribution in [0.15, 0.2) is 42.5 Å². The molecule has 22 heavy (non-hydrogen) atoms. The molecular weight excluding hydrogens is 270 g/mol. The number of aromatic nitrogens is 2. The third kappa shape index (κ3) is 2.17. The highest BCUT2D eigenvalue weighted by Crippen LogP contribution is 2.27. The average molecular weight is 291 g/mol. The molecule has 0 fully saturated rings. The van der Waals surface area contributed by atoms with Gasteiger partial charge in [-0.25, -0.2) is 4.98 Å². The zero-order chi connectivity index (χ0) is 15.1. The molecule has 1 heterocycles. The van der Waals surface area contributed by atoms with Crippen molar-refractivity contribution >= 4 is 16.7 Å². The molecule has 0 saturated heterocycles. The van der Waals surface area contributed by atoms with Gasteiger partial charge in [-0.1, -0.05) is 18.2 Å². The van der Waals surface area contributed by atoms with Crippen molar-refractivity contribution in [3.63, 3.8) is 0 Å². The molecule has 3 aromatic rings. The molecule has 3 heteroatoms. The fourth-order valence-corrected chi connectivity index (χ4v) is 3.53. The highest BCUT2D eigenvalue weighted by atomic mass is 15.1. The first-order valence-corrected chi connectivity index (χ1v) is 8.02. The fraction of sp³-hybridized carbons (Fsp3) is 0.316. The third-order valence-corrected chi connectivity index (χ3v) is 4.69. The molecule has 1 aliphatic carbocycles. The van der Waals surface area contributed by atoms with Crippen LogP contribution in [-0.4, -0.2) is 9.55 Å². The first kappa shape index (κ1) is 13.4. The lowest BCUT2D eigenvalue weighted by molar-refractivity contribution is 0.733. The summed E-state index contributed by atoms with van der Waals surface area (Å²) in [6.07, 6.45) is 3.74. The number of nitrogens with zero attached hydrogens (tertiary/aromatic N) is 2. The molecule has 0 saturated carbocycles. The van der Waals surface area contributed by atoms with Crippen molar-refractivity contribution in [2.24, 2.45) is 7.05 Å². The van der Waals surface area contributed by atoms with Crippen LogP contribution in [0, 0.1) is 0 Å². The highest BCUT2D eigenvalue weighted by Gasteiger charge is 2.16. The normalized spacial score (nSPS) is 15.0. The van der Waals surface area contributed by atoms with Crippen LogP contribution in [0.1, 0.15) is 36.3 Å². The lowest BCUT2D eigenvalue weighted by Gasteiger charge is -2.16. The summed E-state index contributed by atoms with van der Waals surface area (Å²) in [5.41, 5.74) is 6.45. The highest BCUT2D eigenvalue weighted by molar-refractivity contribution is 5.76. The number of aryl methyl sites for hydroxylation is 3. The molecule has 1 atom stereocenters. The van der Waals surface area contributed by atoms with Crippen molar-refractivity contribution in [3.8, 4) is 0 Å². The van der Waals surface area contributed by atoms with Gasteiger partial charge in [-0.05, 0) is 61.6 Å². The predicted molar refractivity (Wildman–Crippen MR) is 91.2 cm³/mol. The number of imidazole rings is 1. The Hall–Kier alpha value is -2.29. The predicted octanol–water partition coefficient (Wildman–Crippen LogP) is 4.24. The minimum atomic E-state index is 0.178. The Morgan fingerprint density at radius 1 is 1.09 bits per heavy atom. The number of fused-ring (bicyclic) bond motifs is 2. The van der Waals surface area contributed by atoms with Crippen molar-refractivity contribution < 1.29 is 0 Å². The van der Waals surface area contributed by atoms with Gasteiger partial charge in [0.2, 0.25) is 0 Å². The zero-order valence-electron chi connectivity index (χ0n) is 13.1. The standard InChI is InChI=1S/C19H21N3/c1-13(19-21-17-8-3-4-9-18(17)22(19)2)20-16-11-10-14-6-5-7-15(14)12-16/h3-4,8-13,20H,5-7H2,1-2H3. The Labute approximate surface area is 131 Å². The molecule has 1 unspecified atom stereocenters. The minimum Gasteiger partial charge on any atom is -0.375 e. The Morgan fingerprint density at radius 2 is 1.91 bits per heavy atom. The van der Waals surface area contributed by atoms with E-state index in [0.29, 0.717) is 0 Å². The number of benzene rings is 2. The van der Waals surface area contributed by atoms with Gasteiger partial charge in [0.05, 0.1) is 17.1 Å². The van der Waals surface area contributed by atoms with Gasteiger partial charge in [-0.2, -0.15) is 0 Å². The first-order valence-electron chi connectivity index (χ1n) is 8.02. The summed E-state index contributed by atoms with van der Waals surface area (Å²) < 4.78 is 2.18. The van der Waals surface area contributed by atoms with E-state index in [2.05, 4.69) is 60.3 Å². The number of hydrogen-bond acceptors (Lipinski definition) is 2. The van der Waals surface area contributed by atoms with Crippen LogP contribution >= 0.6 is 0 Å². The topological polar surface area (TPSA) is 29.9 Å². The second-order valence-corrected chi connectivity index (χ2v) is 6.22. The fourth-order valence-electron chi connectivity index (χ4n) is 3.53. The number of nitrogens with one attached hydrogen (secondary N) is 1. The molecule has 1 N–H and O–H groups in total. The number of anilines is 1. The SMILES string of the molecule is CC(Nc1ccc2c(c1)CCC2)c1nc2ccccc2n1C. The van der Waals surface area contributed by atoms with Gasteiger partial charge >= 0.3 is 0 Å². The summed E-state index contributed by atoms with van der Waals surface area (Å²) in [5.74, 6) is 1.07. The quantitative estimate of drug-likeness (QED) is 0.782. The smallest absolute Gasteiger partial charge is 0.131 e. The van der Waals surface area contributed by atoms with Gasteiger partial charge in [0.1, 0.15) is 5.82 Å². The molecule has 2 aromatic carbocycles. The molecule has 0 amide bonds. The Balaban J connectivity index is 1.63. The van der Waals surface area contributed by atoms with E-state index < -0.39 is 0 Å². The monoisotopic (exact) mass is 291 g/mol. The summed E-state index contributed by atoms with van der Waals surface area (Å²) in [7, 11) is 2.09. The largest absolute Gasteiger partial charge is 0.375 e. The summed E-state index contributed by atoms with van der Waals surface area (Å²) in [6, 6.07) is 15.2. The van der Waals surface area contributed by atoms with Gasteiger partial charge in [-0.3, -0.25) is 0 Å². The summed E-state index contributed by atoms with van der Waals surface area (Å²) in [6.45, 7) is 2.18. The van der Waals surface area contributed by atoms with E-state index in [1.807, 2.05) is 6.07 Å². The summed E-state index contributed by atoms with van der Waals surface area (Å²) in [5, 5.41) is 3.61. The Bertz CT molecular complexity index is 832. The van der Waals surface area contributed by atoms with Gasteiger partial charge in [0.25, 0.3) is 0 Å². The number of hydrogen-bond donors (Lipinski definition) is 1. The molecule has 1 aromatic heterocycles. The van der Waals surface area contributed by atoms with E-state index in [9.17, 15) is 0 Å². The van der Waals surface area contributed by atoms with E-state index in [1.165, 1.54) is 41.6 Å². The van der Waals surface area contributed by atoms with Crippen LogP contribution in [0.3, 0.4) is 0 Å². The molecule has 1 aliphatic rings. The van der Waals surface area contributed by atoms with Crippen LogP contribution in [0.2, 0.25) is 0 Å². The molecule has 3 nitrogen and oxygen atoms in total. The first-order chi connectivity index (χ1) is 10.7. The lowest BCUT2D eigenvalue weighted by Crippen LogP contribution is -2.12. The number of rotatable bonds is 3. The van der Waals surface area contributed by atoms with E-state index in [4.69, 9.17) is 4.98 Å². The average Bonchev–Trinajstić information content (AvgIpc) is 3.12. The Kier molecular flexibility index (Phi) is 3.14. The summed E-state index contributed by atoms with van der Waals surface area (Å²) >= 11 is 0. The van der Waals surface area contributed by atoms with Gasteiger partial charge < -0.3 is 9.88 Å². The molecule has 0 spiro atoms. The zero-order valence-corrected chi connectivity index (χ0v) is 13.1. The van der Waals surface area contributed by atoms with Crippen LogP contribution < -0.4 is 5.32 Å². The molecule has 112 valence electrons. The molecular formula is C19H21N3. The second-order valence-electron chi connectivity index (χ2n) is 6.22. The van der Waals surface area contributed by atoms with Crippen molar-refractivity contribution in [1.29, 1.82) is 0 Å². The summed E-state index contributed by atoms with van der Waals surface area (Å²) in [4.78, 5) is 4.78. The van der Waals surface area contributed by atoms with E-state index in [0.717, 1.165) is 11.3 Å².